The zero-order valence-electron chi connectivity index (χ0n) is 20.0. The van der Waals surface area contributed by atoms with Crippen molar-refractivity contribution in [3.63, 3.8) is 0 Å². The lowest BCUT2D eigenvalue weighted by molar-refractivity contribution is 0.631. The molecule has 0 amide bonds. The van der Waals surface area contributed by atoms with E-state index in [1.807, 2.05) is 24.4 Å². The predicted molar refractivity (Wildman–Crippen MR) is 138 cm³/mol. The van der Waals surface area contributed by atoms with Crippen LogP contribution < -0.4 is 0 Å². The van der Waals surface area contributed by atoms with Crippen LogP contribution >= 0.6 is 0 Å². The normalized spacial score (nSPS) is 12.1. The first-order valence-electron chi connectivity index (χ1n) is 11.8. The largest absolute Gasteiger partial charge is 0.342 e. The van der Waals surface area contributed by atoms with Crippen molar-refractivity contribution in [2.24, 2.45) is 0 Å². The maximum atomic E-state index is 15.2. The van der Waals surface area contributed by atoms with Gasteiger partial charge in [0.25, 0.3) is 0 Å². The van der Waals surface area contributed by atoms with Gasteiger partial charge in [-0.1, -0.05) is 45.9 Å². The van der Waals surface area contributed by atoms with Crippen molar-refractivity contribution < 1.29 is 4.39 Å². The molecule has 3 aromatic carbocycles. The zero-order chi connectivity index (χ0) is 24.3. The predicted octanol–water partition coefficient (Wildman–Crippen LogP) is 7.10. The van der Waals surface area contributed by atoms with Gasteiger partial charge in [0.15, 0.2) is 0 Å². The molecule has 0 fully saturated rings. The Balaban J connectivity index is 1.51. The monoisotopic (exact) mass is 464 g/mol. The second kappa shape index (κ2) is 7.98. The maximum Gasteiger partial charge on any atom is 0.133 e. The summed E-state index contributed by atoms with van der Waals surface area (Å²) in [7, 11) is 0. The Kier molecular flexibility index (Phi) is 4.88. The Morgan fingerprint density at radius 1 is 0.771 bits per heavy atom. The molecule has 3 heterocycles. The molecule has 0 aliphatic carbocycles. The molecule has 174 valence electrons. The molecule has 0 aliphatic rings. The summed E-state index contributed by atoms with van der Waals surface area (Å²) in [6.07, 6.45) is 5.38. The number of imidazole rings is 2. The summed E-state index contributed by atoms with van der Waals surface area (Å²) >= 11 is 0. The smallest absolute Gasteiger partial charge is 0.133 e. The number of aromatic nitrogens is 6. The molecule has 0 spiro atoms. The van der Waals surface area contributed by atoms with Crippen molar-refractivity contribution in [1.29, 1.82) is 0 Å². The van der Waals surface area contributed by atoms with Gasteiger partial charge in [-0.25, -0.2) is 19.3 Å². The van der Waals surface area contributed by atoms with Crippen molar-refractivity contribution in [3.05, 3.63) is 72.5 Å². The van der Waals surface area contributed by atoms with Gasteiger partial charge >= 0.3 is 0 Å². The zero-order valence-corrected chi connectivity index (χ0v) is 20.0. The van der Waals surface area contributed by atoms with E-state index in [0.717, 1.165) is 55.4 Å². The van der Waals surface area contributed by atoms with Gasteiger partial charge in [0.2, 0.25) is 0 Å². The van der Waals surface area contributed by atoms with E-state index in [1.54, 1.807) is 18.5 Å². The molecule has 0 atom stereocenters. The third-order valence-corrected chi connectivity index (χ3v) is 6.52. The van der Waals surface area contributed by atoms with Crippen LogP contribution in [0, 0.1) is 5.82 Å². The molecule has 6 rings (SSSR count). The highest BCUT2D eigenvalue weighted by atomic mass is 19.1. The van der Waals surface area contributed by atoms with Crippen LogP contribution in [0.3, 0.4) is 0 Å². The topological polar surface area (TPSA) is 83.1 Å². The van der Waals surface area contributed by atoms with Crippen molar-refractivity contribution >= 4 is 32.6 Å². The van der Waals surface area contributed by atoms with E-state index < -0.39 is 0 Å². The average molecular weight is 465 g/mol. The minimum absolute atomic E-state index is 0.225. The summed E-state index contributed by atoms with van der Waals surface area (Å²) < 4.78 is 15.2. The Labute approximate surface area is 201 Å². The van der Waals surface area contributed by atoms with Crippen LogP contribution in [0.4, 0.5) is 4.39 Å². The number of benzene rings is 3. The Morgan fingerprint density at radius 2 is 1.51 bits per heavy atom. The quantitative estimate of drug-likeness (QED) is 0.273. The van der Waals surface area contributed by atoms with Crippen molar-refractivity contribution in [2.45, 2.75) is 39.5 Å². The second-order valence-electron chi connectivity index (χ2n) is 9.58. The van der Waals surface area contributed by atoms with Gasteiger partial charge in [0.05, 0.1) is 23.6 Å². The molecule has 6 nitrogen and oxygen atoms in total. The highest BCUT2D eigenvalue weighted by Crippen LogP contribution is 2.37. The number of H-pyrrole nitrogens is 2. The summed E-state index contributed by atoms with van der Waals surface area (Å²) in [4.78, 5) is 17.3. The van der Waals surface area contributed by atoms with E-state index in [2.05, 4.69) is 60.0 Å². The molecular weight excluding hydrogens is 439 g/mol. The average Bonchev–Trinajstić information content (AvgIpc) is 3.52. The summed E-state index contributed by atoms with van der Waals surface area (Å²) in [5.74, 6) is 1.86. The summed E-state index contributed by atoms with van der Waals surface area (Å²) in [6.45, 7) is 8.29. The van der Waals surface area contributed by atoms with Crippen LogP contribution in [-0.4, -0.2) is 30.1 Å². The fraction of sp³-hybridized carbons (Fsp3) is 0.214. The molecule has 0 aliphatic heterocycles. The highest BCUT2D eigenvalue weighted by Gasteiger charge is 2.17. The number of aromatic amines is 2. The third kappa shape index (κ3) is 3.46. The van der Waals surface area contributed by atoms with E-state index in [4.69, 9.17) is 9.97 Å². The standard InChI is InChI=1S/C28H25FN6/c1-14(2)27-30-13-24(33-27)19-8-6-17(10-23(19)29)16-5-7-18-20(9-16)21-11-31-32-12-22(21)26-25(18)34-28(35-26)15(3)4/h5-15,31H,1-4H3,(H,30,33). The lowest BCUT2D eigenvalue weighted by Crippen LogP contribution is -1.91. The van der Waals surface area contributed by atoms with E-state index in [1.165, 1.54) is 0 Å². The molecule has 2 N–H and O–H groups in total. The molecule has 35 heavy (non-hydrogen) atoms. The van der Waals surface area contributed by atoms with Gasteiger partial charge in [0, 0.05) is 39.8 Å². The molecule has 0 unspecified atom stereocenters. The van der Waals surface area contributed by atoms with Gasteiger partial charge in [0.1, 0.15) is 23.0 Å². The van der Waals surface area contributed by atoms with Gasteiger partial charge in [-0.15, -0.1) is 0 Å². The first kappa shape index (κ1) is 21.4. The minimum atomic E-state index is -0.289. The van der Waals surface area contributed by atoms with E-state index in [-0.39, 0.29) is 17.7 Å². The maximum absolute atomic E-state index is 15.2. The van der Waals surface area contributed by atoms with Gasteiger partial charge in [-0.05, 0) is 34.7 Å². The van der Waals surface area contributed by atoms with Crippen LogP contribution in [0.1, 0.15) is 51.2 Å². The van der Waals surface area contributed by atoms with E-state index in [9.17, 15) is 0 Å². The van der Waals surface area contributed by atoms with Gasteiger partial charge in [-0.2, -0.15) is 5.10 Å². The molecule has 3 aromatic heterocycles. The number of hydrogen-bond donors (Lipinski definition) is 2. The molecule has 0 saturated carbocycles. The van der Waals surface area contributed by atoms with Crippen molar-refractivity contribution in [1.82, 2.24) is 30.1 Å². The lowest BCUT2D eigenvalue weighted by Gasteiger charge is -2.09. The number of rotatable bonds is 4. The molecule has 7 heteroatoms. The summed E-state index contributed by atoms with van der Waals surface area (Å²) in [6, 6.07) is 11.5. The van der Waals surface area contributed by atoms with E-state index >= 15 is 4.39 Å². The Morgan fingerprint density at radius 3 is 2.23 bits per heavy atom. The van der Waals surface area contributed by atoms with Gasteiger partial charge in [-0.3, -0.25) is 5.10 Å². The molecule has 0 saturated heterocycles. The van der Waals surface area contributed by atoms with Crippen molar-refractivity contribution in [2.75, 3.05) is 0 Å². The van der Waals surface area contributed by atoms with Crippen LogP contribution in [0.25, 0.3) is 55.0 Å². The minimum Gasteiger partial charge on any atom is -0.342 e. The summed E-state index contributed by atoms with van der Waals surface area (Å²) in [5.41, 5.74) is 4.66. The molecule has 6 aromatic rings. The number of nitrogens with zero attached hydrogens (tertiary/aromatic N) is 4. The van der Waals surface area contributed by atoms with Gasteiger partial charge < -0.3 is 4.98 Å². The fourth-order valence-corrected chi connectivity index (χ4v) is 4.59. The number of nitrogens with one attached hydrogen (secondary N) is 2. The Hall–Kier alpha value is -4.13. The second-order valence-corrected chi connectivity index (χ2v) is 9.58. The van der Waals surface area contributed by atoms with Crippen LogP contribution in [0.15, 0.2) is 55.0 Å². The first-order chi connectivity index (χ1) is 16.9. The van der Waals surface area contributed by atoms with Crippen LogP contribution in [-0.2, 0) is 0 Å². The number of fused-ring (bicyclic) bond motifs is 6. The number of hydrogen-bond acceptors (Lipinski definition) is 4. The fourth-order valence-electron chi connectivity index (χ4n) is 4.59. The van der Waals surface area contributed by atoms with Crippen LogP contribution in [0.5, 0.6) is 0 Å². The summed E-state index contributed by atoms with van der Waals surface area (Å²) in [5, 5.41) is 11.2. The lowest BCUT2D eigenvalue weighted by atomic mass is 9.96. The first-order valence-corrected chi connectivity index (χ1v) is 11.8. The van der Waals surface area contributed by atoms with Crippen molar-refractivity contribution in [3.8, 4) is 22.4 Å². The third-order valence-electron chi connectivity index (χ3n) is 6.52. The van der Waals surface area contributed by atoms with Crippen LogP contribution in [0.2, 0.25) is 0 Å². The SMILES string of the molecule is CC(C)c1nc2c3ccc(-c4ccc(-c5cnc(C(C)C)[nH]5)c(F)c4)cc3c3c[nH]ncc3c2n1. The molecule has 0 bridgehead atoms. The van der Waals surface area contributed by atoms with E-state index in [0.29, 0.717) is 11.3 Å². The molecular formula is C28H25FN6. The Bertz CT molecular complexity index is 1730. The highest BCUT2D eigenvalue weighted by molar-refractivity contribution is 6.23. The molecule has 0 radical (unpaired) electrons. The number of halogens is 1.